The summed E-state index contributed by atoms with van der Waals surface area (Å²) in [6, 6.07) is 7.67. The predicted octanol–water partition coefficient (Wildman–Crippen LogP) is -1.70. The predicted molar refractivity (Wildman–Crippen MR) is 46.2 cm³/mol. The first-order valence-corrected chi connectivity index (χ1v) is 3.72. The van der Waals surface area contributed by atoms with Gasteiger partial charge in [0.1, 0.15) is 0 Å². The van der Waals surface area contributed by atoms with Crippen LogP contribution in [0.4, 0.5) is 0 Å². The molecule has 0 saturated carbocycles. The molecule has 64 valence electrons. The van der Waals surface area contributed by atoms with Crippen molar-refractivity contribution in [3.05, 3.63) is 41.3 Å². The third-order valence-corrected chi connectivity index (χ3v) is 1.56. The standard InChI is InChI=1S/C10H12O2.Na/c1-8-3-5-9(6-4-8)7-10(11)12-2;/h3-7,11H,1-2H3;/q;+1/p-1/b10-7+;. The first-order valence-electron chi connectivity index (χ1n) is 3.72. The molecule has 3 heteroatoms. The van der Waals surface area contributed by atoms with Crippen molar-refractivity contribution in [2.45, 2.75) is 6.92 Å². The van der Waals surface area contributed by atoms with Gasteiger partial charge in [-0.25, -0.2) is 0 Å². The zero-order chi connectivity index (χ0) is 8.97. The van der Waals surface area contributed by atoms with Crippen molar-refractivity contribution in [2.75, 3.05) is 7.11 Å². The van der Waals surface area contributed by atoms with E-state index in [0.29, 0.717) is 0 Å². The molecule has 0 aromatic heterocycles. The van der Waals surface area contributed by atoms with E-state index in [-0.39, 0.29) is 35.5 Å². The average molecular weight is 186 g/mol. The van der Waals surface area contributed by atoms with Gasteiger partial charge in [0.25, 0.3) is 0 Å². The molecule has 0 unspecified atom stereocenters. The summed E-state index contributed by atoms with van der Waals surface area (Å²) in [5.74, 6) is -0.321. The summed E-state index contributed by atoms with van der Waals surface area (Å²) in [5, 5.41) is 10.8. The second kappa shape index (κ2) is 6.08. The molecule has 0 aliphatic rings. The Kier molecular flexibility index (Phi) is 5.88. The number of ether oxygens (including phenoxy) is 1. The Labute approximate surface area is 101 Å². The van der Waals surface area contributed by atoms with E-state index in [9.17, 15) is 5.11 Å². The summed E-state index contributed by atoms with van der Waals surface area (Å²) in [6.45, 7) is 2.00. The van der Waals surface area contributed by atoms with Crippen molar-refractivity contribution in [3.8, 4) is 0 Å². The first-order chi connectivity index (χ1) is 5.72. The van der Waals surface area contributed by atoms with Crippen LogP contribution in [0, 0.1) is 6.92 Å². The second-order valence-electron chi connectivity index (χ2n) is 2.58. The molecule has 1 aromatic carbocycles. The van der Waals surface area contributed by atoms with E-state index in [1.54, 1.807) is 0 Å². The zero-order valence-electron chi connectivity index (χ0n) is 8.20. The Hall–Kier alpha value is -0.440. The fourth-order valence-corrected chi connectivity index (χ4v) is 0.858. The van der Waals surface area contributed by atoms with Crippen molar-refractivity contribution in [1.29, 1.82) is 0 Å². The molecule has 0 bridgehead atoms. The molecular weight excluding hydrogens is 175 g/mol. The summed E-state index contributed by atoms with van der Waals surface area (Å²) in [4.78, 5) is 0. The number of aryl methyl sites for hydroxylation is 1. The number of benzene rings is 1. The Morgan fingerprint density at radius 3 is 2.31 bits per heavy atom. The van der Waals surface area contributed by atoms with E-state index in [1.807, 2.05) is 31.2 Å². The van der Waals surface area contributed by atoms with Crippen LogP contribution in [0.1, 0.15) is 11.1 Å². The number of hydrogen-bond donors (Lipinski definition) is 0. The maximum Gasteiger partial charge on any atom is 1.00 e. The fourth-order valence-electron chi connectivity index (χ4n) is 0.858. The molecule has 0 aliphatic heterocycles. The van der Waals surface area contributed by atoms with Crippen LogP contribution in [0.5, 0.6) is 0 Å². The molecule has 0 N–H and O–H groups in total. The van der Waals surface area contributed by atoms with Crippen LogP contribution in [-0.4, -0.2) is 7.11 Å². The fraction of sp³-hybridized carbons (Fsp3) is 0.200. The van der Waals surface area contributed by atoms with Gasteiger partial charge in [-0.05, 0) is 25.7 Å². The Balaban J connectivity index is 0.00000144. The van der Waals surface area contributed by atoms with Gasteiger partial charge in [-0.3, -0.25) is 0 Å². The smallest absolute Gasteiger partial charge is 0.617 e. The minimum Gasteiger partial charge on any atom is -0.617 e. The molecule has 0 spiro atoms. The summed E-state index contributed by atoms with van der Waals surface area (Å²) in [6.07, 6.45) is 1.46. The number of hydrogen-bond acceptors (Lipinski definition) is 2. The monoisotopic (exact) mass is 186 g/mol. The van der Waals surface area contributed by atoms with Gasteiger partial charge >= 0.3 is 29.6 Å². The van der Waals surface area contributed by atoms with Crippen LogP contribution in [0.25, 0.3) is 6.08 Å². The van der Waals surface area contributed by atoms with Gasteiger partial charge in [-0.15, -0.1) is 0 Å². The first kappa shape index (κ1) is 12.6. The quantitative estimate of drug-likeness (QED) is 0.407. The third-order valence-electron chi connectivity index (χ3n) is 1.56. The van der Waals surface area contributed by atoms with E-state index in [0.717, 1.165) is 5.56 Å². The van der Waals surface area contributed by atoms with Crippen LogP contribution in [0.15, 0.2) is 30.2 Å². The van der Waals surface area contributed by atoms with E-state index in [4.69, 9.17) is 0 Å². The van der Waals surface area contributed by atoms with E-state index in [1.165, 1.54) is 18.7 Å². The van der Waals surface area contributed by atoms with Crippen molar-refractivity contribution in [3.63, 3.8) is 0 Å². The molecule has 0 aliphatic carbocycles. The van der Waals surface area contributed by atoms with Crippen LogP contribution in [-0.2, 0) is 4.74 Å². The van der Waals surface area contributed by atoms with Gasteiger partial charge < -0.3 is 9.84 Å². The summed E-state index contributed by atoms with van der Waals surface area (Å²) >= 11 is 0. The van der Waals surface area contributed by atoms with Crippen molar-refractivity contribution in [2.24, 2.45) is 0 Å². The maximum atomic E-state index is 10.8. The van der Waals surface area contributed by atoms with Gasteiger partial charge in [0.05, 0.1) is 5.95 Å². The van der Waals surface area contributed by atoms with Crippen molar-refractivity contribution >= 4 is 6.08 Å². The number of rotatable bonds is 2. The molecule has 0 radical (unpaired) electrons. The van der Waals surface area contributed by atoms with Gasteiger partial charge in [0.15, 0.2) is 0 Å². The molecule has 0 saturated heterocycles. The van der Waals surface area contributed by atoms with Crippen molar-refractivity contribution < 1.29 is 39.4 Å². The zero-order valence-corrected chi connectivity index (χ0v) is 10.2. The van der Waals surface area contributed by atoms with Crippen LogP contribution >= 0.6 is 0 Å². The van der Waals surface area contributed by atoms with Gasteiger partial charge in [-0.2, -0.15) is 0 Å². The van der Waals surface area contributed by atoms with Crippen molar-refractivity contribution in [1.82, 2.24) is 0 Å². The van der Waals surface area contributed by atoms with Crippen LogP contribution in [0.2, 0.25) is 0 Å². The molecular formula is C10H11NaO2. The molecule has 0 amide bonds. The molecule has 0 atom stereocenters. The minimum atomic E-state index is -0.321. The van der Waals surface area contributed by atoms with Gasteiger partial charge in [-0.1, -0.05) is 29.8 Å². The molecule has 13 heavy (non-hydrogen) atoms. The maximum absolute atomic E-state index is 10.8. The summed E-state index contributed by atoms with van der Waals surface area (Å²) in [7, 11) is 1.37. The minimum absolute atomic E-state index is 0. The Morgan fingerprint density at radius 1 is 1.31 bits per heavy atom. The molecule has 1 rings (SSSR count). The number of methoxy groups -OCH3 is 1. The topological polar surface area (TPSA) is 32.3 Å². The van der Waals surface area contributed by atoms with E-state index < -0.39 is 0 Å². The SMILES string of the molecule is CO/C([O-])=C/c1ccc(C)cc1.[Na+]. The van der Waals surface area contributed by atoms with Gasteiger partial charge in [0.2, 0.25) is 0 Å². The molecule has 0 fully saturated rings. The summed E-state index contributed by atoms with van der Waals surface area (Å²) in [5.41, 5.74) is 2.05. The second-order valence-corrected chi connectivity index (χ2v) is 2.58. The largest absolute Gasteiger partial charge is 1.00 e. The molecule has 1 aromatic rings. The Morgan fingerprint density at radius 2 is 1.85 bits per heavy atom. The van der Waals surface area contributed by atoms with Gasteiger partial charge in [0, 0.05) is 0 Å². The third kappa shape index (κ3) is 4.36. The van der Waals surface area contributed by atoms with Crippen LogP contribution < -0.4 is 34.7 Å². The van der Waals surface area contributed by atoms with E-state index in [2.05, 4.69) is 4.74 Å². The Bertz CT molecular complexity index is 277. The normalized spacial score (nSPS) is 10.5. The summed E-state index contributed by atoms with van der Waals surface area (Å²) < 4.78 is 4.49. The average Bonchev–Trinajstić information content (AvgIpc) is 2.09. The van der Waals surface area contributed by atoms with E-state index >= 15 is 0 Å². The molecule has 2 nitrogen and oxygen atoms in total. The molecule has 0 heterocycles. The van der Waals surface area contributed by atoms with Crippen LogP contribution in [0.3, 0.4) is 0 Å².